The Kier molecular flexibility index (Phi) is 9.89. The van der Waals surface area contributed by atoms with Crippen molar-refractivity contribution in [1.29, 1.82) is 0 Å². The molecule has 0 saturated heterocycles. The largest absolute Gasteiger partial charge is 0.390 e. The third kappa shape index (κ3) is 8.89. The van der Waals surface area contributed by atoms with Gasteiger partial charge in [0.05, 0.1) is 19.3 Å². The minimum Gasteiger partial charge on any atom is -0.390 e. The molecule has 2 nitrogen and oxygen atoms in total. The average molecular weight is 276 g/mol. The smallest absolute Gasteiger partial charge is 0.0808 e. The fourth-order valence-electron chi connectivity index (χ4n) is 2.02. The van der Waals surface area contributed by atoms with Gasteiger partial charge in [0.1, 0.15) is 0 Å². The maximum absolute atomic E-state index is 9.79. The Morgan fingerprint density at radius 2 is 1.90 bits per heavy atom. The van der Waals surface area contributed by atoms with Crippen LogP contribution in [0.15, 0.2) is 42.5 Å². The average Bonchev–Trinajstić information content (AvgIpc) is 2.47. The first-order valence-electron chi connectivity index (χ1n) is 7.77. The van der Waals surface area contributed by atoms with Crippen molar-refractivity contribution in [2.45, 2.75) is 58.2 Å². The van der Waals surface area contributed by atoms with Crippen LogP contribution in [0.3, 0.4) is 0 Å². The highest BCUT2D eigenvalue weighted by Gasteiger charge is 2.01. The number of aliphatic hydroxyl groups is 1. The van der Waals surface area contributed by atoms with E-state index in [1.165, 1.54) is 25.7 Å². The molecule has 20 heavy (non-hydrogen) atoms. The fraction of sp³-hybridized carbons (Fsp3) is 0.556. The van der Waals surface area contributed by atoms with Gasteiger partial charge in [0.25, 0.3) is 0 Å². The van der Waals surface area contributed by atoms with Crippen LogP contribution in [0.4, 0.5) is 0 Å². The molecular weight excluding hydrogens is 248 g/mol. The lowest BCUT2D eigenvalue weighted by molar-refractivity contribution is 0.0301. The Balaban J connectivity index is 2.00. The van der Waals surface area contributed by atoms with Crippen molar-refractivity contribution in [2.24, 2.45) is 0 Å². The minimum absolute atomic E-state index is 0.398. The molecule has 0 aliphatic heterocycles. The molecule has 1 rings (SSSR count). The Morgan fingerprint density at radius 3 is 2.65 bits per heavy atom. The topological polar surface area (TPSA) is 29.5 Å². The van der Waals surface area contributed by atoms with Crippen molar-refractivity contribution in [3.8, 4) is 0 Å². The van der Waals surface area contributed by atoms with Gasteiger partial charge in [-0.3, -0.25) is 0 Å². The second-order valence-electron chi connectivity index (χ2n) is 5.21. The summed E-state index contributed by atoms with van der Waals surface area (Å²) in [5.74, 6) is 0. The van der Waals surface area contributed by atoms with Crippen molar-refractivity contribution in [3.63, 3.8) is 0 Å². The number of hydrogen-bond acceptors (Lipinski definition) is 2. The molecule has 0 bridgehead atoms. The van der Waals surface area contributed by atoms with Gasteiger partial charge in [-0.25, -0.2) is 0 Å². The van der Waals surface area contributed by atoms with Gasteiger partial charge in [0.15, 0.2) is 0 Å². The normalized spacial score (nSPS) is 12.9. The van der Waals surface area contributed by atoms with Gasteiger partial charge < -0.3 is 9.84 Å². The molecule has 1 atom stereocenters. The van der Waals surface area contributed by atoms with Gasteiger partial charge in [0.2, 0.25) is 0 Å². The first-order chi connectivity index (χ1) is 9.83. The van der Waals surface area contributed by atoms with Crippen molar-refractivity contribution in [2.75, 3.05) is 6.61 Å². The summed E-state index contributed by atoms with van der Waals surface area (Å²) >= 11 is 0. The highest BCUT2D eigenvalue weighted by molar-refractivity contribution is 5.13. The quantitative estimate of drug-likeness (QED) is 0.477. The monoisotopic (exact) mass is 276 g/mol. The first kappa shape index (κ1) is 16.9. The molecule has 1 aromatic rings. The molecule has 0 radical (unpaired) electrons. The SMILES string of the molecule is CCCCCC/C=C/CC(O)COCc1ccccc1. The first-order valence-corrected chi connectivity index (χ1v) is 7.77. The van der Waals surface area contributed by atoms with Crippen LogP contribution in [0.25, 0.3) is 0 Å². The van der Waals surface area contributed by atoms with Crippen LogP contribution in [0, 0.1) is 0 Å². The summed E-state index contributed by atoms with van der Waals surface area (Å²) in [6.45, 7) is 3.19. The number of unbranched alkanes of at least 4 members (excludes halogenated alkanes) is 4. The van der Waals surface area contributed by atoms with Crippen LogP contribution in [-0.4, -0.2) is 17.8 Å². The number of rotatable bonds is 11. The lowest BCUT2D eigenvalue weighted by Crippen LogP contribution is -2.14. The third-order valence-electron chi connectivity index (χ3n) is 3.22. The number of aliphatic hydroxyl groups excluding tert-OH is 1. The summed E-state index contributed by atoms with van der Waals surface area (Å²) in [7, 11) is 0. The lowest BCUT2D eigenvalue weighted by atomic mass is 10.1. The molecule has 0 aromatic heterocycles. The van der Waals surface area contributed by atoms with Crippen LogP contribution in [0.5, 0.6) is 0 Å². The summed E-state index contributed by atoms with van der Waals surface area (Å²) in [6.07, 6.45) is 10.8. The third-order valence-corrected chi connectivity index (χ3v) is 3.22. The van der Waals surface area contributed by atoms with Gasteiger partial charge in [-0.1, -0.05) is 68.7 Å². The van der Waals surface area contributed by atoms with E-state index in [-0.39, 0.29) is 0 Å². The zero-order valence-corrected chi connectivity index (χ0v) is 12.6. The van der Waals surface area contributed by atoms with E-state index < -0.39 is 6.10 Å². The van der Waals surface area contributed by atoms with Crippen LogP contribution in [-0.2, 0) is 11.3 Å². The number of allylic oxidation sites excluding steroid dienone is 1. The molecule has 0 spiro atoms. The van der Waals surface area contributed by atoms with Crippen LogP contribution >= 0.6 is 0 Å². The standard InChI is InChI=1S/C18H28O2/c1-2-3-4-5-6-7-11-14-18(19)16-20-15-17-12-9-8-10-13-17/h7-13,18-19H,2-6,14-16H2,1H3/b11-7+. The lowest BCUT2D eigenvalue weighted by Gasteiger charge is -2.09. The van der Waals surface area contributed by atoms with E-state index in [1.807, 2.05) is 30.3 Å². The summed E-state index contributed by atoms with van der Waals surface area (Å²) in [6, 6.07) is 10.0. The van der Waals surface area contributed by atoms with Crippen LogP contribution in [0.1, 0.15) is 51.0 Å². The summed E-state index contributed by atoms with van der Waals surface area (Å²) in [5.41, 5.74) is 1.14. The van der Waals surface area contributed by atoms with Crippen LogP contribution < -0.4 is 0 Å². The van der Waals surface area contributed by atoms with E-state index >= 15 is 0 Å². The molecule has 0 heterocycles. The highest BCUT2D eigenvalue weighted by Crippen LogP contribution is 2.05. The van der Waals surface area contributed by atoms with Gasteiger partial charge >= 0.3 is 0 Å². The van der Waals surface area contributed by atoms with E-state index in [2.05, 4.69) is 19.1 Å². The summed E-state index contributed by atoms with van der Waals surface area (Å²) in [4.78, 5) is 0. The van der Waals surface area contributed by atoms with Crippen molar-refractivity contribution in [1.82, 2.24) is 0 Å². The molecule has 1 unspecified atom stereocenters. The van der Waals surface area contributed by atoms with Gasteiger partial charge in [-0.05, 0) is 24.8 Å². The molecule has 0 fully saturated rings. The molecule has 1 aromatic carbocycles. The van der Waals surface area contributed by atoms with E-state index in [1.54, 1.807) is 0 Å². The number of hydrogen-bond donors (Lipinski definition) is 1. The Hall–Kier alpha value is -1.12. The molecule has 2 heteroatoms. The fourth-order valence-corrected chi connectivity index (χ4v) is 2.02. The molecule has 0 aliphatic carbocycles. The molecule has 0 amide bonds. The summed E-state index contributed by atoms with van der Waals surface area (Å²) < 4.78 is 5.51. The number of benzene rings is 1. The zero-order valence-electron chi connectivity index (χ0n) is 12.6. The Morgan fingerprint density at radius 1 is 1.10 bits per heavy atom. The zero-order chi connectivity index (χ0) is 14.5. The Labute approximate surface area is 123 Å². The number of ether oxygens (including phenoxy) is 1. The van der Waals surface area contributed by atoms with Crippen LogP contribution in [0.2, 0.25) is 0 Å². The van der Waals surface area contributed by atoms with E-state index in [0.29, 0.717) is 19.6 Å². The molecular formula is C18H28O2. The predicted molar refractivity (Wildman–Crippen MR) is 84.6 cm³/mol. The van der Waals surface area contributed by atoms with Gasteiger partial charge in [0, 0.05) is 0 Å². The second kappa shape index (κ2) is 11.7. The minimum atomic E-state index is -0.398. The molecule has 0 saturated carbocycles. The second-order valence-corrected chi connectivity index (χ2v) is 5.21. The molecule has 1 N–H and O–H groups in total. The van der Waals surface area contributed by atoms with E-state index in [9.17, 15) is 5.11 Å². The van der Waals surface area contributed by atoms with Gasteiger partial charge in [-0.2, -0.15) is 0 Å². The summed E-state index contributed by atoms with van der Waals surface area (Å²) in [5, 5.41) is 9.79. The highest BCUT2D eigenvalue weighted by atomic mass is 16.5. The van der Waals surface area contributed by atoms with Gasteiger partial charge in [-0.15, -0.1) is 0 Å². The Bertz CT molecular complexity index is 346. The maximum atomic E-state index is 9.79. The molecule has 112 valence electrons. The predicted octanol–water partition coefficient (Wildman–Crippen LogP) is 4.48. The van der Waals surface area contributed by atoms with E-state index in [4.69, 9.17) is 4.74 Å². The van der Waals surface area contributed by atoms with Crippen molar-refractivity contribution < 1.29 is 9.84 Å². The van der Waals surface area contributed by atoms with Crippen molar-refractivity contribution in [3.05, 3.63) is 48.0 Å². The van der Waals surface area contributed by atoms with E-state index in [0.717, 1.165) is 12.0 Å². The van der Waals surface area contributed by atoms with Crippen molar-refractivity contribution >= 4 is 0 Å². The maximum Gasteiger partial charge on any atom is 0.0808 e. The molecule has 0 aliphatic rings.